The maximum Gasteiger partial charge on any atom is 0.338 e. The number of aryl methyl sites for hydroxylation is 1. The monoisotopic (exact) mass is 371 g/mol. The van der Waals surface area contributed by atoms with Gasteiger partial charge < -0.3 is 9.84 Å². The quantitative estimate of drug-likeness (QED) is 0.545. The number of nitrogens with zero attached hydrogens (tertiary/aromatic N) is 1. The van der Waals surface area contributed by atoms with Crippen LogP contribution in [0.2, 0.25) is 0 Å². The summed E-state index contributed by atoms with van der Waals surface area (Å²) >= 11 is 0. The number of aliphatic hydroxyl groups excluding tert-OH is 1. The van der Waals surface area contributed by atoms with Gasteiger partial charge in [0.1, 0.15) is 6.10 Å². The molecule has 0 aliphatic carbocycles. The second-order valence-corrected chi connectivity index (χ2v) is 6.09. The molecular weight excluding hydrogens is 351 g/mol. The summed E-state index contributed by atoms with van der Waals surface area (Å²) in [6.07, 6.45) is 0.712. The van der Waals surface area contributed by atoms with Gasteiger partial charge in [-0.1, -0.05) is 35.9 Å². The van der Waals surface area contributed by atoms with Crippen molar-refractivity contribution in [2.75, 3.05) is 6.61 Å². The molecule has 134 valence electrons. The lowest BCUT2D eigenvalue weighted by molar-refractivity contribution is 0.0526. The second kappa shape index (κ2) is 9.64. The number of esters is 1. The first-order chi connectivity index (χ1) is 12.6. The van der Waals surface area contributed by atoms with E-state index in [1.54, 1.807) is 37.4 Å². The van der Waals surface area contributed by atoms with Crippen LogP contribution in [0.4, 0.5) is 0 Å². The van der Waals surface area contributed by atoms with E-state index in [1.165, 1.54) is 0 Å². The van der Waals surface area contributed by atoms with Crippen LogP contribution in [-0.2, 0) is 4.74 Å². The van der Waals surface area contributed by atoms with Crippen LogP contribution < -0.4 is 0 Å². The Balaban J connectivity index is 0.00000261. The van der Waals surface area contributed by atoms with Crippen molar-refractivity contribution in [3.05, 3.63) is 89.2 Å². The van der Waals surface area contributed by atoms with E-state index in [1.807, 2.05) is 43.3 Å². The van der Waals surface area contributed by atoms with Crippen molar-refractivity contribution in [2.45, 2.75) is 20.0 Å². The first-order valence-electron chi connectivity index (χ1n) is 8.56. The zero-order valence-corrected chi connectivity index (χ0v) is 17.0. The molecular formula is C22H21MgNO3. The van der Waals surface area contributed by atoms with Crippen molar-refractivity contribution in [3.8, 4) is 11.1 Å². The molecule has 2 radical (unpaired) electrons. The summed E-state index contributed by atoms with van der Waals surface area (Å²) in [5.74, 6) is -0.407. The largest absolute Gasteiger partial charge is 0.462 e. The van der Waals surface area contributed by atoms with Gasteiger partial charge in [0.05, 0.1) is 17.9 Å². The van der Waals surface area contributed by atoms with Crippen LogP contribution in [0, 0.1) is 6.92 Å². The summed E-state index contributed by atoms with van der Waals surface area (Å²) < 4.78 is 5.14. The molecule has 4 nitrogen and oxygen atoms in total. The minimum absolute atomic E-state index is 0. The second-order valence-electron chi connectivity index (χ2n) is 6.09. The number of carbonyl (C=O) groups excluding carboxylic acids is 1. The van der Waals surface area contributed by atoms with Crippen molar-refractivity contribution < 1.29 is 14.6 Å². The van der Waals surface area contributed by atoms with Gasteiger partial charge in [-0.25, -0.2) is 4.79 Å². The van der Waals surface area contributed by atoms with E-state index < -0.39 is 12.1 Å². The highest BCUT2D eigenvalue weighted by Gasteiger charge is 2.17. The number of ether oxygens (including phenoxy) is 1. The molecule has 3 rings (SSSR count). The molecule has 1 atom stereocenters. The van der Waals surface area contributed by atoms with Gasteiger partial charge in [-0.2, -0.15) is 0 Å². The Bertz CT molecular complexity index is 895. The highest BCUT2D eigenvalue weighted by atomic mass is 24.3. The average Bonchev–Trinajstić information content (AvgIpc) is 2.68. The molecule has 1 unspecified atom stereocenters. The molecule has 3 aromatic rings. The van der Waals surface area contributed by atoms with Gasteiger partial charge >= 0.3 is 5.97 Å². The van der Waals surface area contributed by atoms with Crippen LogP contribution in [0.3, 0.4) is 0 Å². The smallest absolute Gasteiger partial charge is 0.338 e. The van der Waals surface area contributed by atoms with Gasteiger partial charge in [0.15, 0.2) is 0 Å². The standard InChI is InChI=1S/C22H21NO3.Mg/c1-3-26-22(25)19-13-17(16-9-7-15(2)8-10-16)12-18(14-19)21(24)20-6-4-5-11-23-20;/h4-14,21,24H,3H2,1-2H3;. The summed E-state index contributed by atoms with van der Waals surface area (Å²) in [5.41, 5.74) is 4.52. The molecule has 0 aliphatic rings. The van der Waals surface area contributed by atoms with E-state index in [-0.39, 0.29) is 23.1 Å². The third-order valence-corrected chi connectivity index (χ3v) is 4.14. The number of aromatic nitrogens is 1. The van der Waals surface area contributed by atoms with E-state index in [2.05, 4.69) is 4.98 Å². The van der Waals surface area contributed by atoms with Crippen LogP contribution in [-0.4, -0.2) is 45.7 Å². The highest BCUT2D eigenvalue weighted by Crippen LogP contribution is 2.28. The van der Waals surface area contributed by atoms with Crippen LogP contribution in [0.25, 0.3) is 11.1 Å². The maximum atomic E-state index is 12.3. The van der Waals surface area contributed by atoms with Crippen LogP contribution in [0.5, 0.6) is 0 Å². The Morgan fingerprint density at radius 2 is 1.81 bits per heavy atom. The Labute approximate surface area is 175 Å². The molecule has 0 bridgehead atoms. The minimum Gasteiger partial charge on any atom is -0.462 e. The first-order valence-corrected chi connectivity index (χ1v) is 8.56. The molecule has 0 saturated heterocycles. The van der Waals surface area contributed by atoms with E-state index in [9.17, 15) is 9.90 Å². The lowest BCUT2D eigenvalue weighted by Gasteiger charge is -2.14. The number of hydrogen-bond donors (Lipinski definition) is 1. The van der Waals surface area contributed by atoms with Crippen molar-refractivity contribution in [2.24, 2.45) is 0 Å². The first kappa shape index (κ1) is 21.1. The van der Waals surface area contributed by atoms with Crippen molar-refractivity contribution in [3.63, 3.8) is 0 Å². The molecule has 5 heteroatoms. The molecule has 0 fully saturated rings. The Kier molecular flexibility index (Phi) is 7.53. The molecule has 0 saturated carbocycles. The lowest BCUT2D eigenvalue weighted by atomic mass is 9.95. The number of carbonyl (C=O) groups is 1. The van der Waals surface area contributed by atoms with Crippen molar-refractivity contribution in [1.82, 2.24) is 4.98 Å². The van der Waals surface area contributed by atoms with Gasteiger partial charge in [-0.05, 0) is 60.9 Å². The summed E-state index contributed by atoms with van der Waals surface area (Å²) in [7, 11) is 0. The molecule has 0 amide bonds. The molecule has 1 heterocycles. The van der Waals surface area contributed by atoms with Crippen LogP contribution in [0.15, 0.2) is 66.9 Å². The summed E-state index contributed by atoms with van der Waals surface area (Å²) in [5, 5.41) is 10.7. The molecule has 1 N–H and O–H groups in total. The lowest BCUT2D eigenvalue weighted by Crippen LogP contribution is -2.08. The zero-order chi connectivity index (χ0) is 18.5. The molecule has 2 aromatic carbocycles. The molecule has 0 aliphatic heterocycles. The number of hydrogen-bond acceptors (Lipinski definition) is 4. The Hall–Kier alpha value is -2.21. The fraction of sp³-hybridized carbons (Fsp3) is 0.182. The Morgan fingerprint density at radius 3 is 2.44 bits per heavy atom. The molecule has 0 spiro atoms. The average molecular weight is 372 g/mol. The fourth-order valence-corrected chi connectivity index (χ4v) is 2.76. The van der Waals surface area contributed by atoms with E-state index in [0.29, 0.717) is 23.4 Å². The van der Waals surface area contributed by atoms with Crippen molar-refractivity contribution in [1.29, 1.82) is 0 Å². The number of benzene rings is 2. The van der Waals surface area contributed by atoms with E-state index >= 15 is 0 Å². The van der Waals surface area contributed by atoms with Gasteiger partial charge in [0.25, 0.3) is 0 Å². The third kappa shape index (κ3) is 5.16. The van der Waals surface area contributed by atoms with Crippen LogP contribution >= 0.6 is 0 Å². The van der Waals surface area contributed by atoms with Gasteiger partial charge in [-0.15, -0.1) is 0 Å². The molecule has 27 heavy (non-hydrogen) atoms. The topological polar surface area (TPSA) is 59.4 Å². The zero-order valence-electron chi connectivity index (χ0n) is 15.6. The van der Waals surface area contributed by atoms with Crippen LogP contribution in [0.1, 0.15) is 40.2 Å². The predicted octanol–water partition coefficient (Wildman–Crippen LogP) is 3.93. The number of rotatable bonds is 5. The molecule has 1 aromatic heterocycles. The third-order valence-electron chi connectivity index (χ3n) is 4.14. The summed E-state index contributed by atoms with van der Waals surface area (Å²) in [6, 6.07) is 18.7. The summed E-state index contributed by atoms with van der Waals surface area (Å²) in [6.45, 7) is 4.09. The van der Waals surface area contributed by atoms with Gasteiger partial charge in [-0.3, -0.25) is 4.98 Å². The normalized spacial score (nSPS) is 11.4. The van der Waals surface area contributed by atoms with Gasteiger partial charge in [0, 0.05) is 29.2 Å². The Morgan fingerprint density at radius 1 is 1.07 bits per heavy atom. The van der Waals surface area contributed by atoms with E-state index in [4.69, 9.17) is 4.74 Å². The SMILES string of the molecule is CCOC(=O)c1cc(-c2ccc(C)cc2)cc(C(O)c2ccccn2)c1.[Mg]. The summed E-state index contributed by atoms with van der Waals surface area (Å²) in [4.78, 5) is 16.5. The van der Waals surface area contributed by atoms with E-state index in [0.717, 1.165) is 16.7 Å². The number of aliphatic hydroxyl groups is 1. The minimum atomic E-state index is -0.922. The highest BCUT2D eigenvalue weighted by molar-refractivity contribution is 5.91. The van der Waals surface area contributed by atoms with Crippen molar-refractivity contribution >= 4 is 29.0 Å². The van der Waals surface area contributed by atoms with Gasteiger partial charge in [0.2, 0.25) is 0 Å². The number of pyridine rings is 1. The maximum absolute atomic E-state index is 12.3. The predicted molar refractivity (Wildman–Crippen MR) is 107 cm³/mol. The fourth-order valence-electron chi connectivity index (χ4n) is 2.76.